The average molecular weight is 221 g/mol. The van der Waals surface area contributed by atoms with Crippen molar-refractivity contribution in [1.82, 2.24) is 5.32 Å². The Hall–Kier alpha value is -1.22. The molecule has 3 heteroatoms. The summed E-state index contributed by atoms with van der Waals surface area (Å²) in [5.41, 5.74) is 0.802. The van der Waals surface area contributed by atoms with Crippen LogP contribution < -0.4 is 5.32 Å². The van der Waals surface area contributed by atoms with Crippen molar-refractivity contribution in [2.45, 2.75) is 38.3 Å². The van der Waals surface area contributed by atoms with Crippen molar-refractivity contribution in [1.29, 1.82) is 0 Å². The SMILES string of the molecule is CC1(C)CC(=O)CC(c2ccc(F)cc2)N1. The van der Waals surface area contributed by atoms with Crippen LogP contribution in [0, 0.1) is 5.82 Å². The standard InChI is InChI=1S/C13H16FNO/c1-13(2)8-11(16)7-12(15-13)9-3-5-10(14)6-4-9/h3-6,12,15H,7-8H2,1-2H3. The lowest BCUT2D eigenvalue weighted by Gasteiger charge is -2.36. The largest absolute Gasteiger partial charge is 0.304 e. The molecular weight excluding hydrogens is 205 g/mol. The maximum atomic E-state index is 12.8. The van der Waals surface area contributed by atoms with E-state index in [-0.39, 0.29) is 23.2 Å². The molecule has 1 aromatic carbocycles. The predicted molar refractivity (Wildman–Crippen MR) is 60.6 cm³/mol. The first kappa shape index (κ1) is 11.3. The summed E-state index contributed by atoms with van der Waals surface area (Å²) in [5, 5.41) is 3.42. The summed E-state index contributed by atoms with van der Waals surface area (Å²) in [4.78, 5) is 11.6. The molecule has 1 aliphatic rings. The van der Waals surface area contributed by atoms with Gasteiger partial charge in [-0.3, -0.25) is 4.79 Å². The topological polar surface area (TPSA) is 29.1 Å². The normalized spacial score (nSPS) is 24.4. The quantitative estimate of drug-likeness (QED) is 0.789. The summed E-state index contributed by atoms with van der Waals surface area (Å²) in [6.45, 7) is 4.03. The third-order valence-corrected chi connectivity index (χ3v) is 2.91. The summed E-state index contributed by atoms with van der Waals surface area (Å²) < 4.78 is 12.8. The second kappa shape index (κ2) is 3.98. The zero-order valence-corrected chi connectivity index (χ0v) is 9.59. The van der Waals surface area contributed by atoms with Gasteiger partial charge in [0.25, 0.3) is 0 Å². The number of carbonyl (C=O) groups excluding carboxylic acids is 1. The highest BCUT2D eigenvalue weighted by Gasteiger charge is 2.32. The van der Waals surface area contributed by atoms with Gasteiger partial charge in [-0.1, -0.05) is 12.1 Å². The van der Waals surface area contributed by atoms with Crippen LogP contribution in [-0.4, -0.2) is 11.3 Å². The van der Waals surface area contributed by atoms with Gasteiger partial charge in [-0.15, -0.1) is 0 Å². The van der Waals surface area contributed by atoms with Gasteiger partial charge in [0, 0.05) is 24.4 Å². The van der Waals surface area contributed by atoms with Gasteiger partial charge in [-0.2, -0.15) is 0 Å². The van der Waals surface area contributed by atoms with Crippen LogP contribution in [0.25, 0.3) is 0 Å². The minimum Gasteiger partial charge on any atom is -0.304 e. The van der Waals surface area contributed by atoms with Gasteiger partial charge < -0.3 is 5.32 Å². The third kappa shape index (κ3) is 2.47. The fourth-order valence-corrected chi connectivity index (χ4v) is 2.26. The van der Waals surface area contributed by atoms with Crippen LogP contribution in [0.15, 0.2) is 24.3 Å². The van der Waals surface area contributed by atoms with Gasteiger partial charge in [0.05, 0.1) is 0 Å². The van der Waals surface area contributed by atoms with E-state index >= 15 is 0 Å². The van der Waals surface area contributed by atoms with E-state index in [0.717, 1.165) is 5.56 Å². The fraction of sp³-hybridized carbons (Fsp3) is 0.462. The molecule has 2 nitrogen and oxygen atoms in total. The molecule has 1 atom stereocenters. The minimum absolute atomic E-state index is 0.0110. The van der Waals surface area contributed by atoms with E-state index in [9.17, 15) is 9.18 Å². The third-order valence-electron chi connectivity index (χ3n) is 2.91. The summed E-state index contributed by atoms with van der Waals surface area (Å²) in [6, 6.07) is 6.35. The molecule has 1 unspecified atom stereocenters. The van der Waals surface area contributed by atoms with E-state index in [1.165, 1.54) is 12.1 Å². The molecule has 16 heavy (non-hydrogen) atoms. The molecule has 0 aromatic heterocycles. The molecular formula is C13H16FNO. The first-order valence-corrected chi connectivity index (χ1v) is 5.51. The lowest BCUT2D eigenvalue weighted by Crippen LogP contribution is -2.48. The van der Waals surface area contributed by atoms with Gasteiger partial charge >= 0.3 is 0 Å². The smallest absolute Gasteiger partial charge is 0.136 e. The highest BCUT2D eigenvalue weighted by Crippen LogP contribution is 2.28. The van der Waals surface area contributed by atoms with Crippen molar-refractivity contribution in [3.63, 3.8) is 0 Å². The molecule has 1 aliphatic heterocycles. The van der Waals surface area contributed by atoms with Gasteiger partial charge in [0.15, 0.2) is 0 Å². The lowest BCUT2D eigenvalue weighted by atomic mass is 9.86. The second-order valence-electron chi connectivity index (χ2n) is 5.05. The number of hydrogen-bond donors (Lipinski definition) is 1. The maximum absolute atomic E-state index is 12.8. The zero-order valence-electron chi connectivity index (χ0n) is 9.59. The molecule has 1 heterocycles. The van der Waals surface area contributed by atoms with Crippen LogP contribution >= 0.6 is 0 Å². The number of ketones is 1. The molecule has 0 amide bonds. The van der Waals surface area contributed by atoms with Crippen LogP contribution in [0.5, 0.6) is 0 Å². The van der Waals surface area contributed by atoms with Crippen molar-refractivity contribution in [3.05, 3.63) is 35.6 Å². The Bertz CT molecular complexity index is 397. The Kier molecular flexibility index (Phi) is 2.80. The first-order valence-electron chi connectivity index (χ1n) is 5.51. The van der Waals surface area contributed by atoms with Crippen LogP contribution in [0.3, 0.4) is 0 Å². The van der Waals surface area contributed by atoms with E-state index in [1.807, 2.05) is 13.8 Å². The monoisotopic (exact) mass is 221 g/mol. The van der Waals surface area contributed by atoms with Crippen molar-refractivity contribution in [2.75, 3.05) is 0 Å². The Balaban J connectivity index is 2.21. The second-order valence-corrected chi connectivity index (χ2v) is 5.05. The molecule has 0 radical (unpaired) electrons. The Morgan fingerprint density at radius 3 is 2.50 bits per heavy atom. The number of carbonyl (C=O) groups is 1. The summed E-state index contributed by atoms with van der Waals surface area (Å²) in [6.07, 6.45) is 1.06. The highest BCUT2D eigenvalue weighted by atomic mass is 19.1. The van der Waals surface area contributed by atoms with Crippen LogP contribution in [0.4, 0.5) is 4.39 Å². The molecule has 0 spiro atoms. The maximum Gasteiger partial charge on any atom is 0.136 e. The molecule has 0 bridgehead atoms. The lowest BCUT2D eigenvalue weighted by molar-refractivity contribution is -0.122. The number of benzene rings is 1. The fourth-order valence-electron chi connectivity index (χ4n) is 2.26. The van der Waals surface area contributed by atoms with Crippen LogP contribution in [0.1, 0.15) is 38.3 Å². The molecule has 0 saturated carbocycles. The van der Waals surface area contributed by atoms with Crippen LogP contribution in [-0.2, 0) is 4.79 Å². The average Bonchev–Trinajstić information content (AvgIpc) is 2.15. The highest BCUT2D eigenvalue weighted by molar-refractivity contribution is 5.81. The Labute approximate surface area is 94.9 Å². The molecule has 1 N–H and O–H groups in total. The molecule has 86 valence electrons. The first-order chi connectivity index (χ1) is 7.46. The van der Waals surface area contributed by atoms with Gasteiger partial charge in [0.2, 0.25) is 0 Å². The van der Waals surface area contributed by atoms with Crippen molar-refractivity contribution in [2.24, 2.45) is 0 Å². The van der Waals surface area contributed by atoms with Crippen LogP contribution in [0.2, 0.25) is 0 Å². The van der Waals surface area contributed by atoms with E-state index in [1.54, 1.807) is 12.1 Å². The number of nitrogens with one attached hydrogen (secondary N) is 1. The van der Waals surface area contributed by atoms with Gasteiger partial charge in [-0.25, -0.2) is 4.39 Å². The Morgan fingerprint density at radius 2 is 1.94 bits per heavy atom. The van der Waals surface area contributed by atoms with E-state index < -0.39 is 0 Å². The van der Waals surface area contributed by atoms with E-state index in [0.29, 0.717) is 12.8 Å². The van der Waals surface area contributed by atoms with Crippen molar-refractivity contribution < 1.29 is 9.18 Å². The number of rotatable bonds is 1. The molecule has 1 fully saturated rings. The van der Waals surface area contributed by atoms with Crippen molar-refractivity contribution >= 4 is 5.78 Å². The Morgan fingerprint density at radius 1 is 1.31 bits per heavy atom. The molecule has 1 aromatic rings. The van der Waals surface area contributed by atoms with E-state index in [2.05, 4.69) is 5.32 Å². The number of halogens is 1. The summed E-state index contributed by atoms with van der Waals surface area (Å²) >= 11 is 0. The predicted octanol–water partition coefficient (Wildman–Crippen LogP) is 2.60. The molecule has 2 rings (SSSR count). The summed E-state index contributed by atoms with van der Waals surface area (Å²) in [7, 11) is 0. The van der Waals surface area contributed by atoms with Gasteiger partial charge in [0.1, 0.15) is 11.6 Å². The van der Waals surface area contributed by atoms with Gasteiger partial charge in [-0.05, 0) is 31.5 Å². The number of hydrogen-bond acceptors (Lipinski definition) is 2. The van der Waals surface area contributed by atoms with Crippen molar-refractivity contribution in [3.8, 4) is 0 Å². The molecule has 1 saturated heterocycles. The zero-order chi connectivity index (χ0) is 11.8. The minimum atomic E-state index is -0.245. The number of piperidine rings is 1. The summed E-state index contributed by atoms with van der Waals surface area (Å²) in [5.74, 6) is 0.0169. The number of Topliss-reactive ketones (excluding diaryl/α,β-unsaturated/α-hetero) is 1. The molecule has 0 aliphatic carbocycles. The van der Waals surface area contributed by atoms with E-state index in [4.69, 9.17) is 0 Å².